The van der Waals surface area contributed by atoms with Crippen molar-refractivity contribution in [3.05, 3.63) is 60.4 Å². The molecule has 3 rings (SSSR count). The van der Waals surface area contributed by atoms with Gasteiger partial charge in [-0.1, -0.05) is 0 Å². The molecule has 0 atom stereocenters. The lowest BCUT2D eigenvalue weighted by molar-refractivity contribution is -0.116. The van der Waals surface area contributed by atoms with Crippen molar-refractivity contribution >= 4 is 28.5 Å². The second-order valence-corrected chi connectivity index (χ2v) is 5.70. The van der Waals surface area contributed by atoms with Gasteiger partial charge in [0, 0.05) is 30.7 Å². The summed E-state index contributed by atoms with van der Waals surface area (Å²) in [5, 5.41) is 2.75. The molecule has 0 saturated carbocycles. The van der Waals surface area contributed by atoms with E-state index in [0.29, 0.717) is 28.0 Å². The summed E-state index contributed by atoms with van der Waals surface area (Å²) in [5.74, 6) is 0.156. The molecule has 1 N–H and O–H groups in total. The Balaban J connectivity index is 1.64. The minimum Gasteiger partial charge on any atom is -0.497 e. The first-order valence-corrected chi connectivity index (χ1v) is 7.97. The number of hydrogen-bond donors (Lipinski definition) is 1. The number of carbonyl (C=O) groups is 2. The maximum atomic E-state index is 12.5. The highest BCUT2D eigenvalue weighted by atomic mass is 16.5. The van der Waals surface area contributed by atoms with E-state index in [4.69, 9.17) is 4.74 Å². The summed E-state index contributed by atoms with van der Waals surface area (Å²) in [4.78, 5) is 34.4. The zero-order valence-electron chi connectivity index (χ0n) is 14.5. The lowest BCUT2D eigenvalue weighted by atomic mass is 10.1. The maximum absolute atomic E-state index is 12.5. The van der Waals surface area contributed by atoms with Crippen molar-refractivity contribution in [2.45, 2.75) is 0 Å². The van der Waals surface area contributed by atoms with Crippen LogP contribution in [0.4, 0.5) is 5.69 Å². The molecule has 0 aliphatic carbocycles. The Morgan fingerprint density at radius 1 is 1.04 bits per heavy atom. The molecule has 7 heteroatoms. The summed E-state index contributed by atoms with van der Waals surface area (Å²) >= 11 is 0. The Morgan fingerprint density at radius 3 is 2.42 bits per heavy atom. The smallest absolute Gasteiger partial charge is 0.254 e. The van der Waals surface area contributed by atoms with Crippen LogP contribution in [0.1, 0.15) is 10.4 Å². The maximum Gasteiger partial charge on any atom is 0.254 e. The van der Waals surface area contributed by atoms with Crippen LogP contribution >= 0.6 is 0 Å². The van der Waals surface area contributed by atoms with Gasteiger partial charge in [0.1, 0.15) is 5.75 Å². The summed E-state index contributed by atoms with van der Waals surface area (Å²) in [5.41, 5.74) is 2.44. The molecular formula is C19H18N4O3. The number of aromatic nitrogens is 2. The average molecular weight is 350 g/mol. The highest BCUT2D eigenvalue weighted by Gasteiger charge is 2.16. The van der Waals surface area contributed by atoms with Gasteiger partial charge in [-0.3, -0.25) is 19.6 Å². The third-order valence-corrected chi connectivity index (χ3v) is 3.82. The van der Waals surface area contributed by atoms with Crippen LogP contribution in [-0.2, 0) is 4.79 Å². The lowest BCUT2D eigenvalue weighted by Gasteiger charge is -2.17. The van der Waals surface area contributed by atoms with Crippen LogP contribution in [0.2, 0.25) is 0 Å². The Bertz CT molecular complexity index is 941. The Hall–Kier alpha value is -3.48. The van der Waals surface area contributed by atoms with Gasteiger partial charge in [-0.15, -0.1) is 0 Å². The number of hydrogen-bond acceptors (Lipinski definition) is 5. The van der Waals surface area contributed by atoms with E-state index in [2.05, 4.69) is 15.3 Å². The fourth-order valence-corrected chi connectivity index (χ4v) is 2.48. The molecule has 0 aliphatic heterocycles. The van der Waals surface area contributed by atoms with Crippen molar-refractivity contribution in [2.75, 3.05) is 26.0 Å². The zero-order valence-corrected chi connectivity index (χ0v) is 14.5. The Kier molecular flexibility index (Phi) is 5.07. The Morgan fingerprint density at radius 2 is 1.73 bits per heavy atom. The highest BCUT2D eigenvalue weighted by molar-refractivity contribution is 6.00. The van der Waals surface area contributed by atoms with E-state index in [1.54, 1.807) is 69.0 Å². The largest absolute Gasteiger partial charge is 0.497 e. The number of fused-ring (bicyclic) bond motifs is 1. The molecule has 1 aromatic heterocycles. The van der Waals surface area contributed by atoms with E-state index in [1.807, 2.05) is 0 Å². The summed E-state index contributed by atoms with van der Waals surface area (Å²) < 4.78 is 5.07. The highest BCUT2D eigenvalue weighted by Crippen LogP contribution is 2.15. The normalized spacial score (nSPS) is 10.4. The van der Waals surface area contributed by atoms with Crippen LogP contribution in [0.25, 0.3) is 11.0 Å². The fourth-order valence-electron chi connectivity index (χ4n) is 2.48. The van der Waals surface area contributed by atoms with Gasteiger partial charge in [0.15, 0.2) is 0 Å². The summed E-state index contributed by atoms with van der Waals surface area (Å²) in [6.45, 7) is -0.0661. The molecule has 0 bridgehead atoms. The molecule has 3 aromatic rings. The molecule has 2 aromatic carbocycles. The predicted octanol–water partition coefficient (Wildman–Crippen LogP) is 2.35. The third-order valence-electron chi connectivity index (χ3n) is 3.82. The minimum atomic E-state index is -0.286. The van der Waals surface area contributed by atoms with Crippen molar-refractivity contribution < 1.29 is 14.3 Å². The van der Waals surface area contributed by atoms with Gasteiger partial charge in [0.2, 0.25) is 5.91 Å². The molecular weight excluding hydrogens is 332 g/mol. The monoisotopic (exact) mass is 350 g/mol. The number of carbonyl (C=O) groups excluding carboxylic acids is 2. The second-order valence-electron chi connectivity index (χ2n) is 5.70. The number of methoxy groups -OCH3 is 1. The van der Waals surface area contributed by atoms with E-state index >= 15 is 0 Å². The molecule has 0 radical (unpaired) electrons. The molecule has 26 heavy (non-hydrogen) atoms. The molecule has 132 valence electrons. The standard InChI is InChI=1S/C19H18N4O3/c1-23(12-18(24)22-14-4-6-15(26-2)7-5-14)19(25)13-3-8-16-17(11-13)21-10-9-20-16/h3-11H,12H2,1-2H3,(H,22,24). The molecule has 0 fully saturated rings. The Labute approximate surface area is 150 Å². The molecule has 0 aliphatic rings. The topological polar surface area (TPSA) is 84.4 Å². The summed E-state index contributed by atoms with van der Waals surface area (Å²) in [6, 6.07) is 12.1. The van der Waals surface area contributed by atoms with Crippen LogP contribution in [0.3, 0.4) is 0 Å². The van der Waals surface area contributed by atoms with Gasteiger partial charge in [0.05, 0.1) is 24.7 Å². The van der Waals surface area contributed by atoms with Gasteiger partial charge in [-0.2, -0.15) is 0 Å². The number of nitrogens with one attached hydrogen (secondary N) is 1. The van der Waals surface area contributed by atoms with Crippen LogP contribution in [0.5, 0.6) is 5.75 Å². The van der Waals surface area contributed by atoms with Gasteiger partial charge in [0.25, 0.3) is 5.91 Å². The van der Waals surface area contributed by atoms with Crippen LogP contribution in [0, 0.1) is 0 Å². The van der Waals surface area contributed by atoms with E-state index in [0.717, 1.165) is 0 Å². The predicted molar refractivity (Wildman–Crippen MR) is 98.1 cm³/mol. The van der Waals surface area contributed by atoms with Gasteiger partial charge in [-0.05, 0) is 42.5 Å². The van der Waals surface area contributed by atoms with Crippen LogP contribution < -0.4 is 10.1 Å². The first-order chi connectivity index (χ1) is 12.6. The molecule has 7 nitrogen and oxygen atoms in total. The first-order valence-electron chi connectivity index (χ1n) is 7.97. The van der Waals surface area contributed by atoms with Crippen molar-refractivity contribution in [3.63, 3.8) is 0 Å². The zero-order chi connectivity index (χ0) is 18.5. The van der Waals surface area contributed by atoms with E-state index in [1.165, 1.54) is 4.90 Å². The SMILES string of the molecule is COc1ccc(NC(=O)CN(C)C(=O)c2ccc3nccnc3c2)cc1. The minimum absolute atomic E-state index is 0.0661. The van der Waals surface area contributed by atoms with E-state index in [-0.39, 0.29) is 18.4 Å². The second kappa shape index (κ2) is 7.60. The van der Waals surface area contributed by atoms with E-state index < -0.39 is 0 Å². The van der Waals surface area contributed by atoms with Crippen LogP contribution in [-0.4, -0.2) is 47.4 Å². The van der Waals surface area contributed by atoms with Gasteiger partial charge < -0.3 is 15.0 Å². The average Bonchev–Trinajstić information content (AvgIpc) is 2.67. The summed E-state index contributed by atoms with van der Waals surface area (Å²) in [6.07, 6.45) is 3.17. The van der Waals surface area contributed by atoms with Crippen molar-refractivity contribution in [2.24, 2.45) is 0 Å². The molecule has 1 heterocycles. The van der Waals surface area contributed by atoms with Gasteiger partial charge >= 0.3 is 0 Å². The molecule has 0 spiro atoms. The van der Waals surface area contributed by atoms with Crippen molar-refractivity contribution in [1.82, 2.24) is 14.9 Å². The van der Waals surface area contributed by atoms with Crippen molar-refractivity contribution in [3.8, 4) is 5.75 Å². The van der Waals surface area contributed by atoms with E-state index in [9.17, 15) is 9.59 Å². The molecule has 0 unspecified atom stereocenters. The number of amides is 2. The molecule has 0 saturated heterocycles. The number of likely N-dealkylation sites (N-methyl/N-ethyl adjacent to an activating group) is 1. The quantitative estimate of drug-likeness (QED) is 0.763. The first kappa shape index (κ1) is 17.3. The lowest BCUT2D eigenvalue weighted by Crippen LogP contribution is -2.34. The number of rotatable bonds is 5. The fraction of sp³-hybridized carbons (Fsp3) is 0.158. The summed E-state index contributed by atoms with van der Waals surface area (Å²) in [7, 11) is 3.16. The van der Waals surface area contributed by atoms with Crippen LogP contribution in [0.15, 0.2) is 54.9 Å². The molecule has 2 amide bonds. The number of ether oxygens (including phenoxy) is 1. The number of nitrogens with zero attached hydrogens (tertiary/aromatic N) is 3. The third kappa shape index (κ3) is 3.94. The number of benzene rings is 2. The number of anilines is 1. The van der Waals surface area contributed by atoms with Crippen molar-refractivity contribution in [1.29, 1.82) is 0 Å². The van der Waals surface area contributed by atoms with Gasteiger partial charge in [-0.25, -0.2) is 0 Å².